The van der Waals surface area contributed by atoms with E-state index in [4.69, 9.17) is 0 Å². The summed E-state index contributed by atoms with van der Waals surface area (Å²) in [5, 5.41) is 14.1. The number of nitrogens with one attached hydrogen (secondary N) is 3. The lowest BCUT2D eigenvalue weighted by Crippen LogP contribution is -2.12. The summed E-state index contributed by atoms with van der Waals surface area (Å²) in [5.74, 6) is -0.398. The Bertz CT molecular complexity index is 1670. The lowest BCUT2D eigenvalue weighted by molar-refractivity contribution is -0.427. The minimum atomic E-state index is -0.210. The van der Waals surface area contributed by atoms with Crippen LogP contribution in [-0.2, 0) is 0 Å². The Kier molecular flexibility index (Phi) is 8.27. The number of nitrogens with zero attached hydrogens (tertiary/aromatic N) is 3. The Morgan fingerprint density at radius 2 is 0.878 bits per heavy atom. The SMILES string of the molecule is O=C(Nc1ccc(N=Nc2ccc([N+](=O)Nc3ccc(NC(=O)c4ccccc4)cc3)cc2)cc1)c1ccccc1. The van der Waals surface area contributed by atoms with Gasteiger partial charge in [0.2, 0.25) is 0 Å². The van der Waals surface area contributed by atoms with Crippen molar-refractivity contribution < 1.29 is 14.5 Å². The summed E-state index contributed by atoms with van der Waals surface area (Å²) in [4.78, 5) is 37.8. The molecule has 200 valence electrons. The average Bonchev–Trinajstić information content (AvgIpc) is 3.02. The molecule has 0 aliphatic rings. The van der Waals surface area contributed by atoms with E-state index in [-0.39, 0.29) is 11.8 Å². The van der Waals surface area contributed by atoms with Gasteiger partial charge in [-0.3, -0.25) is 9.59 Å². The van der Waals surface area contributed by atoms with E-state index in [9.17, 15) is 14.5 Å². The number of amides is 2. The van der Waals surface area contributed by atoms with E-state index in [1.54, 1.807) is 109 Å². The molecule has 9 nitrogen and oxygen atoms in total. The summed E-state index contributed by atoms with van der Waals surface area (Å²) >= 11 is 0. The number of benzene rings is 5. The zero-order chi connectivity index (χ0) is 28.4. The molecule has 0 aliphatic carbocycles. The Balaban J connectivity index is 1.13. The Morgan fingerprint density at radius 3 is 1.34 bits per heavy atom. The van der Waals surface area contributed by atoms with Crippen molar-refractivity contribution >= 4 is 45.9 Å². The number of anilines is 3. The van der Waals surface area contributed by atoms with E-state index in [0.717, 1.165) is 0 Å². The van der Waals surface area contributed by atoms with Crippen molar-refractivity contribution in [3.8, 4) is 0 Å². The third-order valence-corrected chi connectivity index (χ3v) is 5.94. The monoisotopic (exact) mass is 541 g/mol. The first-order valence-electron chi connectivity index (χ1n) is 12.7. The summed E-state index contributed by atoms with van der Waals surface area (Å²) in [6, 6.07) is 38.4. The highest BCUT2D eigenvalue weighted by molar-refractivity contribution is 6.04. The first-order chi connectivity index (χ1) is 20.0. The Hall–Kier alpha value is -5.96. The number of azo groups is 1. The zero-order valence-electron chi connectivity index (χ0n) is 21.8. The van der Waals surface area contributed by atoms with Crippen molar-refractivity contribution in [1.82, 2.24) is 0 Å². The molecule has 0 spiro atoms. The average molecular weight is 542 g/mol. The summed E-state index contributed by atoms with van der Waals surface area (Å²) in [5.41, 5.74) is 7.28. The van der Waals surface area contributed by atoms with E-state index in [1.807, 2.05) is 24.3 Å². The summed E-state index contributed by atoms with van der Waals surface area (Å²) in [7, 11) is 0. The van der Waals surface area contributed by atoms with Crippen LogP contribution in [0.4, 0.5) is 34.1 Å². The molecule has 0 saturated heterocycles. The summed E-state index contributed by atoms with van der Waals surface area (Å²) in [6.45, 7) is 0. The molecule has 0 aromatic heterocycles. The van der Waals surface area contributed by atoms with Gasteiger partial charge in [0.1, 0.15) is 5.69 Å². The molecule has 41 heavy (non-hydrogen) atoms. The number of hydrogen-bond acceptors (Lipinski definition) is 5. The van der Waals surface area contributed by atoms with Gasteiger partial charge >= 0.3 is 0 Å². The largest absolute Gasteiger partial charge is 0.322 e. The zero-order valence-corrected chi connectivity index (χ0v) is 21.8. The number of nitroso groups, excluding NO2 is 1. The fraction of sp³-hybridized carbons (Fsp3) is 0. The van der Waals surface area contributed by atoms with E-state index < -0.39 is 0 Å². The minimum absolute atomic E-state index is 0.189. The first-order valence-corrected chi connectivity index (χ1v) is 12.7. The molecule has 9 heteroatoms. The molecule has 3 N–H and O–H groups in total. The van der Waals surface area contributed by atoms with Crippen LogP contribution in [0.1, 0.15) is 20.7 Å². The van der Waals surface area contributed by atoms with E-state index in [1.165, 1.54) is 0 Å². The number of carbonyl (C=O) groups excluding carboxylic acids is 2. The maximum Gasteiger partial charge on any atom is 0.292 e. The van der Waals surface area contributed by atoms with E-state index in [0.29, 0.717) is 50.1 Å². The van der Waals surface area contributed by atoms with Crippen molar-refractivity contribution in [3.63, 3.8) is 0 Å². The highest BCUT2D eigenvalue weighted by Crippen LogP contribution is 2.24. The van der Waals surface area contributed by atoms with Crippen molar-refractivity contribution in [1.29, 1.82) is 0 Å². The van der Waals surface area contributed by atoms with Crippen LogP contribution in [0, 0.1) is 4.91 Å². The quantitative estimate of drug-likeness (QED) is 0.0995. The molecule has 2 amide bonds. The number of carbonyl (C=O) groups is 2. The second kappa shape index (κ2) is 12.7. The number of hydrogen-bond donors (Lipinski definition) is 3. The minimum Gasteiger partial charge on any atom is -0.322 e. The van der Waals surface area contributed by atoms with Crippen LogP contribution >= 0.6 is 0 Å². The predicted octanol–water partition coefficient (Wildman–Crippen LogP) is 8.04. The van der Waals surface area contributed by atoms with Crippen molar-refractivity contribution in [3.05, 3.63) is 149 Å². The van der Waals surface area contributed by atoms with Crippen LogP contribution in [0.3, 0.4) is 0 Å². The smallest absolute Gasteiger partial charge is 0.292 e. The van der Waals surface area contributed by atoms with Gasteiger partial charge in [-0.25, -0.2) is 0 Å². The highest BCUT2D eigenvalue weighted by atomic mass is 16.3. The lowest BCUT2D eigenvalue weighted by atomic mass is 10.2. The third-order valence-electron chi connectivity index (χ3n) is 5.94. The normalized spacial score (nSPS) is 10.6. The Labute approximate surface area is 236 Å². The van der Waals surface area contributed by atoms with Gasteiger partial charge in [0.05, 0.1) is 16.3 Å². The molecule has 0 unspecified atom stereocenters. The van der Waals surface area contributed by atoms with Gasteiger partial charge in [-0.15, -0.1) is 5.43 Å². The molecule has 0 fully saturated rings. The molecule has 5 aromatic carbocycles. The molecular formula is C32H25N6O3+. The van der Waals surface area contributed by atoms with Gasteiger partial charge in [-0.05, 0) is 84.9 Å². The van der Waals surface area contributed by atoms with Crippen molar-refractivity contribution in [2.75, 3.05) is 16.1 Å². The Morgan fingerprint density at radius 1 is 0.488 bits per heavy atom. The highest BCUT2D eigenvalue weighted by Gasteiger charge is 2.14. The number of hydrazine groups is 1. The van der Waals surface area contributed by atoms with E-state index >= 15 is 0 Å². The van der Waals surface area contributed by atoms with Crippen LogP contribution in [0.2, 0.25) is 0 Å². The molecule has 0 aliphatic heterocycles. The van der Waals surface area contributed by atoms with Crippen LogP contribution in [-0.4, -0.2) is 16.7 Å². The molecule has 0 radical (unpaired) electrons. The van der Waals surface area contributed by atoms with Gasteiger partial charge < -0.3 is 10.6 Å². The van der Waals surface area contributed by atoms with Crippen LogP contribution in [0.15, 0.2) is 144 Å². The molecule has 5 rings (SSSR count). The third kappa shape index (κ3) is 7.33. The van der Waals surface area contributed by atoms with Crippen LogP contribution in [0.5, 0.6) is 0 Å². The summed E-state index contributed by atoms with van der Waals surface area (Å²) in [6.07, 6.45) is 0. The van der Waals surface area contributed by atoms with Crippen molar-refractivity contribution in [2.45, 2.75) is 0 Å². The van der Waals surface area contributed by atoms with Crippen LogP contribution < -0.4 is 16.1 Å². The molecule has 0 heterocycles. The molecule has 5 aromatic rings. The maximum atomic E-state index is 12.6. The standard InChI is InChI=1S/C32H24N6O3/c39-31(23-7-3-1-4-8-23)33-25-11-15-27(16-12-25)35-36-28-19-21-30(22-20-28)38(41)37-29-17-13-26(14-18-29)34-32(40)24-9-5-2-6-10-24/h1-22H,(H2-,33,34,35,36,37,39,40,41)/p+1. The van der Waals surface area contributed by atoms with E-state index in [2.05, 4.69) is 26.3 Å². The predicted molar refractivity (Wildman–Crippen MR) is 159 cm³/mol. The number of rotatable bonds is 9. The van der Waals surface area contributed by atoms with Gasteiger partial charge in [-0.1, -0.05) is 36.4 Å². The molecule has 0 saturated carbocycles. The first kappa shape index (κ1) is 26.6. The van der Waals surface area contributed by atoms with Crippen LogP contribution in [0.25, 0.3) is 0 Å². The lowest BCUT2D eigenvalue weighted by Gasteiger charge is -2.05. The van der Waals surface area contributed by atoms with Gasteiger partial charge in [0, 0.05) is 34.6 Å². The van der Waals surface area contributed by atoms with Gasteiger partial charge in [0.15, 0.2) is 4.87 Å². The second-order valence-electron chi connectivity index (χ2n) is 8.89. The molecular weight excluding hydrogens is 516 g/mol. The fourth-order valence-electron chi connectivity index (χ4n) is 3.78. The maximum absolute atomic E-state index is 12.6. The summed E-state index contributed by atoms with van der Waals surface area (Å²) < 4.78 is 0. The second-order valence-corrected chi connectivity index (χ2v) is 8.89. The van der Waals surface area contributed by atoms with Crippen molar-refractivity contribution in [2.24, 2.45) is 10.2 Å². The molecule has 0 atom stereocenters. The van der Waals surface area contributed by atoms with Gasteiger partial charge in [0.25, 0.3) is 17.5 Å². The van der Waals surface area contributed by atoms with Gasteiger partial charge in [-0.2, -0.15) is 10.2 Å². The fourth-order valence-corrected chi connectivity index (χ4v) is 3.78. The topological polar surface area (TPSA) is 115 Å². The molecule has 0 bridgehead atoms.